The van der Waals surface area contributed by atoms with Gasteiger partial charge in [-0.1, -0.05) is 25.0 Å². The van der Waals surface area contributed by atoms with Crippen molar-refractivity contribution in [3.63, 3.8) is 0 Å². The quantitative estimate of drug-likeness (QED) is 0.755. The highest BCUT2D eigenvalue weighted by molar-refractivity contribution is 6.09. The van der Waals surface area contributed by atoms with Crippen LogP contribution in [0.1, 0.15) is 57.4 Å². The summed E-state index contributed by atoms with van der Waals surface area (Å²) in [5.74, 6) is -0.473. The molecule has 3 aliphatic rings. The first kappa shape index (κ1) is 20.7. The second-order valence-corrected chi connectivity index (χ2v) is 8.98. The van der Waals surface area contributed by atoms with Gasteiger partial charge in [0.05, 0.1) is 0 Å². The standard InChI is InChI=1S/C23H32N4O3/c1-17(27-21(29)23(24-22(27)30)12-4-5-13-23)20(28)25(2)16-18-8-10-19(11-9-18)26-14-6-3-7-15-26/h8-11,17H,3-7,12-16H2,1-2H3,(H,24,30). The molecule has 30 heavy (non-hydrogen) atoms. The normalized spacial score (nSPS) is 21.8. The molecule has 4 rings (SSSR count). The zero-order chi connectivity index (χ0) is 21.3. The molecular weight excluding hydrogens is 380 g/mol. The summed E-state index contributed by atoms with van der Waals surface area (Å²) in [4.78, 5) is 43.5. The Morgan fingerprint density at radius 1 is 1.07 bits per heavy atom. The van der Waals surface area contributed by atoms with Gasteiger partial charge in [0.25, 0.3) is 5.91 Å². The number of rotatable bonds is 5. The van der Waals surface area contributed by atoms with Crippen LogP contribution in [0.5, 0.6) is 0 Å². The molecule has 3 fully saturated rings. The zero-order valence-corrected chi connectivity index (χ0v) is 18.0. The number of anilines is 1. The molecule has 2 aliphatic heterocycles. The zero-order valence-electron chi connectivity index (χ0n) is 18.0. The SMILES string of the molecule is CC(C(=O)N(C)Cc1ccc(N2CCCCC2)cc1)N1C(=O)NC2(CCCC2)C1=O. The molecule has 7 heteroatoms. The smallest absolute Gasteiger partial charge is 0.325 e. The van der Waals surface area contributed by atoms with Crippen LogP contribution in [0, 0.1) is 0 Å². The van der Waals surface area contributed by atoms with Crippen LogP contribution in [0.4, 0.5) is 10.5 Å². The van der Waals surface area contributed by atoms with Crippen molar-refractivity contribution < 1.29 is 14.4 Å². The van der Waals surface area contributed by atoms with E-state index in [1.165, 1.54) is 24.9 Å². The van der Waals surface area contributed by atoms with E-state index in [0.717, 1.165) is 36.4 Å². The number of urea groups is 1. The molecule has 0 radical (unpaired) electrons. The van der Waals surface area contributed by atoms with Crippen molar-refractivity contribution in [3.05, 3.63) is 29.8 Å². The van der Waals surface area contributed by atoms with Crippen molar-refractivity contribution in [1.29, 1.82) is 0 Å². The van der Waals surface area contributed by atoms with Gasteiger partial charge in [-0.05, 0) is 56.7 Å². The van der Waals surface area contributed by atoms with Crippen LogP contribution in [0.15, 0.2) is 24.3 Å². The Hall–Kier alpha value is -2.57. The van der Waals surface area contributed by atoms with Gasteiger partial charge >= 0.3 is 6.03 Å². The Labute approximate surface area is 178 Å². The topological polar surface area (TPSA) is 73.0 Å². The van der Waals surface area contributed by atoms with Crippen molar-refractivity contribution in [2.45, 2.75) is 70.0 Å². The van der Waals surface area contributed by atoms with Crippen molar-refractivity contribution >= 4 is 23.5 Å². The molecule has 1 spiro atoms. The van der Waals surface area contributed by atoms with Crippen molar-refractivity contribution in [1.82, 2.24) is 15.1 Å². The van der Waals surface area contributed by atoms with E-state index in [2.05, 4.69) is 34.5 Å². The first-order chi connectivity index (χ1) is 14.4. The average molecular weight is 413 g/mol. The van der Waals surface area contributed by atoms with Crippen LogP contribution < -0.4 is 10.2 Å². The molecule has 162 valence electrons. The Morgan fingerprint density at radius 2 is 1.70 bits per heavy atom. The second kappa shape index (κ2) is 8.28. The third kappa shape index (κ3) is 3.77. The number of piperidine rings is 1. The highest BCUT2D eigenvalue weighted by atomic mass is 16.2. The lowest BCUT2D eigenvalue weighted by Crippen LogP contribution is -2.50. The Kier molecular flexibility index (Phi) is 5.71. The van der Waals surface area contributed by atoms with Crippen LogP contribution in [0.3, 0.4) is 0 Å². The van der Waals surface area contributed by atoms with E-state index in [4.69, 9.17) is 0 Å². The van der Waals surface area contributed by atoms with Gasteiger partial charge in [-0.2, -0.15) is 0 Å². The summed E-state index contributed by atoms with van der Waals surface area (Å²) in [6, 6.07) is 7.09. The third-order valence-electron chi connectivity index (χ3n) is 6.85. The van der Waals surface area contributed by atoms with Crippen LogP contribution in [-0.2, 0) is 16.1 Å². The van der Waals surface area contributed by atoms with E-state index >= 15 is 0 Å². The largest absolute Gasteiger partial charge is 0.372 e. The molecule has 1 aliphatic carbocycles. The first-order valence-electron chi connectivity index (χ1n) is 11.2. The molecule has 2 heterocycles. The number of nitrogens with one attached hydrogen (secondary N) is 1. The van der Waals surface area contributed by atoms with E-state index in [1.54, 1.807) is 18.9 Å². The van der Waals surface area contributed by atoms with Crippen LogP contribution in [-0.4, -0.2) is 59.4 Å². The van der Waals surface area contributed by atoms with E-state index < -0.39 is 17.6 Å². The number of carbonyl (C=O) groups excluding carboxylic acids is 3. The fourth-order valence-electron chi connectivity index (χ4n) is 5.06. The number of carbonyl (C=O) groups is 3. The lowest BCUT2D eigenvalue weighted by molar-refractivity contribution is -0.142. The summed E-state index contributed by atoms with van der Waals surface area (Å²) < 4.78 is 0. The van der Waals surface area contributed by atoms with Gasteiger partial charge < -0.3 is 15.1 Å². The Bertz CT molecular complexity index is 810. The van der Waals surface area contributed by atoms with Gasteiger partial charge in [0.2, 0.25) is 5.91 Å². The number of amides is 4. The molecule has 0 bridgehead atoms. The molecule has 4 amide bonds. The minimum absolute atomic E-state index is 0.228. The van der Waals surface area contributed by atoms with Gasteiger partial charge in [0.1, 0.15) is 11.6 Å². The third-order valence-corrected chi connectivity index (χ3v) is 6.85. The molecular formula is C23H32N4O3. The van der Waals surface area contributed by atoms with E-state index in [1.807, 2.05) is 0 Å². The molecule has 2 saturated heterocycles. The van der Waals surface area contributed by atoms with Crippen molar-refractivity contribution in [3.8, 4) is 0 Å². The van der Waals surface area contributed by atoms with Gasteiger partial charge in [0.15, 0.2) is 0 Å². The predicted molar refractivity (Wildman–Crippen MR) is 115 cm³/mol. The predicted octanol–water partition coefficient (Wildman–Crippen LogP) is 2.89. The van der Waals surface area contributed by atoms with Gasteiger partial charge in [-0.3, -0.25) is 9.59 Å². The number of benzene rings is 1. The van der Waals surface area contributed by atoms with Crippen LogP contribution in [0.2, 0.25) is 0 Å². The van der Waals surface area contributed by atoms with E-state index in [0.29, 0.717) is 19.4 Å². The first-order valence-corrected chi connectivity index (χ1v) is 11.2. The molecule has 1 atom stereocenters. The minimum Gasteiger partial charge on any atom is -0.372 e. The van der Waals surface area contributed by atoms with Gasteiger partial charge in [-0.25, -0.2) is 9.69 Å². The number of imide groups is 1. The average Bonchev–Trinajstić information content (AvgIpc) is 3.32. The van der Waals surface area contributed by atoms with E-state index in [9.17, 15) is 14.4 Å². The number of hydrogen-bond donors (Lipinski definition) is 1. The maximum absolute atomic E-state index is 13.0. The lowest BCUT2D eigenvalue weighted by Gasteiger charge is -2.29. The van der Waals surface area contributed by atoms with Crippen LogP contribution >= 0.6 is 0 Å². The minimum atomic E-state index is -0.810. The van der Waals surface area contributed by atoms with Crippen molar-refractivity contribution in [2.75, 3.05) is 25.0 Å². The van der Waals surface area contributed by atoms with E-state index in [-0.39, 0.29) is 11.8 Å². The maximum atomic E-state index is 13.0. The molecule has 1 unspecified atom stereocenters. The summed E-state index contributed by atoms with van der Waals surface area (Å²) in [5.41, 5.74) is 1.47. The summed E-state index contributed by atoms with van der Waals surface area (Å²) in [6.07, 6.45) is 6.95. The second-order valence-electron chi connectivity index (χ2n) is 8.98. The number of nitrogens with zero attached hydrogens (tertiary/aromatic N) is 3. The summed E-state index contributed by atoms with van der Waals surface area (Å²) >= 11 is 0. The Balaban J connectivity index is 1.38. The fraction of sp³-hybridized carbons (Fsp3) is 0.609. The summed E-state index contributed by atoms with van der Waals surface area (Å²) in [7, 11) is 1.72. The molecule has 1 aromatic carbocycles. The highest BCUT2D eigenvalue weighted by Gasteiger charge is 2.54. The fourth-order valence-corrected chi connectivity index (χ4v) is 5.06. The molecule has 1 N–H and O–H groups in total. The van der Waals surface area contributed by atoms with Crippen LogP contribution in [0.25, 0.3) is 0 Å². The molecule has 1 saturated carbocycles. The van der Waals surface area contributed by atoms with Crippen molar-refractivity contribution in [2.24, 2.45) is 0 Å². The van der Waals surface area contributed by atoms with Gasteiger partial charge in [-0.15, -0.1) is 0 Å². The molecule has 0 aromatic heterocycles. The number of hydrogen-bond acceptors (Lipinski definition) is 4. The highest BCUT2D eigenvalue weighted by Crippen LogP contribution is 2.36. The molecule has 1 aromatic rings. The maximum Gasteiger partial charge on any atom is 0.325 e. The Morgan fingerprint density at radius 3 is 2.33 bits per heavy atom. The monoisotopic (exact) mass is 412 g/mol. The molecule has 7 nitrogen and oxygen atoms in total. The summed E-state index contributed by atoms with van der Waals surface area (Å²) in [6.45, 7) is 4.29. The lowest BCUT2D eigenvalue weighted by atomic mass is 9.97. The van der Waals surface area contributed by atoms with Gasteiger partial charge in [0, 0.05) is 32.4 Å². The number of likely N-dealkylation sites (N-methyl/N-ethyl adjacent to an activating group) is 1. The summed E-state index contributed by atoms with van der Waals surface area (Å²) in [5, 5.41) is 2.85.